The van der Waals surface area contributed by atoms with Crippen molar-refractivity contribution in [3.63, 3.8) is 0 Å². The molecule has 0 aliphatic heterocycles. The van der Waals surface area contributed by atoms with E-state index in [1.54, 1.807) is 26.8 Å². The molecule has 0 bridgehead atoms. The van der Waals surface area contributed by atoms with Gasteiger partial charge in [0.25, 0.3) is 5.91 Å². The molecule has 30 heavy (non-hydrogen) atoms. The van der Waals surface area contributed by atoms with Crippen LogP contribution in [0.3, 0.4) is 0 Å². The van der Waals surface area contributed by atoms with Gasteiger partial charge in [-0.3, -0.25) is 14.4 Å². The Kier molecular flexibility index (Phi) is 6.54. The minimum Gasteiger partial charge on any atom is -0.326 e. The van der Waals surface area contributed by atoms with Crippen LogP contribution in [0.5, 0.6) is 0 Å². The molecule has 0 saturated heterocycles. The minimum absolute atomic E-state index is 0.0419. The lowest BCUT2D eigenvalue weighted by Gasteiger charge is -2.18. The fraction of sp³-hybridized carbons (Fsp3) is 0.286. The monoisotopic (exact) mass is 421 g/mol. The van der Waals surface area contributed by atoms with Crippen molar-refractivity contribution in [3.05, 3.63) is 53.6 Å². The third-order valence-electron chi connectivity index (χ3n) is 3.96. The van der Waals surface area contributed by atoms with E-state index in [4.69, 9.17) is 0 Å². The SMILES string of the molecule is CC(=O)Nc1ccc(NC(=O)c2cccc(NC(=O)C(C)(C)C)c2)c(C(F)(F)F)c1. The number of amides is 3. The molecule has 0 atom stereocenters. The van der Waals surface area contributed by atoms with Crippen LogP contribution < -0.4 is 16.0 Å². The summed E-state index contributed by atoms with van der Waals surface area (Å²) in [5.74, 6) is -1.57. The van der Waals surface area contributed by atoms with Crippen molar-refractivity contribution in [1.82, 2.24) is 0 Å². The van der Waals surface area contributed by atoms with Crippen molar-refractivity contribution in [1.29, 1.82) is 0 Å². The molecule has 2 rings (SSSR count). The summed E-state index contributed by atoms with van der Waals surface area (Å²) in [6, 6.07) is 8.95. The van der Waals surface area contributed by atoms with Crippen LogP contribution in [-0.4, -0.2) is 17.7 Å². The Morgan fingerprint density at radius 3 is 2.03 bits per heavy atom. The summed E-state index contributed by atoms with van der Waals surface area (Å²) in [5, 5.41) is 7.18. The third kappa shape index (κ3) is 6.07. The molecule has 0 heterocycles. The highest BCUT2D eigenvalue weighted by molar-refractivity contribution is 6.06. The Labute approximate surface area is 171 Å². The van der Waals surface area contributed by atoms with E-state index in [9.17, 15) is 27.6 Å². The van der Waals surface area contributed by atoms with Crippen molar-refractivity contribution >= 4 is 34.8 Å². The van der Waals surface area contributed by atoms with Crippen molar-refractivity contribution < 1.29 is 27.6 Å². The molecular weight excluding hydrogens is 399 g/mol. The largest absolute Gasteiger partial charge is 0.418 e. The Bertz CT molecular complexity index is 979. The lowest BCUT2D eigenvalue weighted by Crippen LogP contribution is -2.27. The second-order valence-electron chi connectivity index (χ2n) is 7.68. The number of hydrogen-bond acceptors (Lipinski definition) is 3. The van der Waals surface area contributed by atoms with E-state index in [0.29, 0.717) is 5.69 Å². The number of hydrogen-bond donors (Lipinski definition) is 3. The van der Waals surface area contributed by atoms with Gasteiger partial charge < -0.3 is 16.0 Å². The van der Waals surface area contributed by atoms with E-state index in [2.05, 4.69) is 16.0 Å². The summed E-state index contributed by atoms with van der Waals surface area (Å²) in [7, 11) is 0. The first-order chi connectivity index (χ1) is 13.8. The zero-order valence-corrected chi connectivity index (χ0v) is 16.9. The molecule has 0 fully saturated rings. The first-order valence-electron chi connectivity index (χ1n) is 8.99. The third-order valence-corrected chi connectivity index (χ3v) is 3.96. The van der Waals surface area contributed by atoms with Crippen LogP contribution in [0.15, 0.2) is 42.5 Å². The summed E-state index contributed by atoms with van der Waals surface area (Å²) in [6.07, 6.45) is -4.75. The maximum Gasteiger partial charge on any atom is 0.418 e. The van der Waals surface area contributed by atoms with Gasteiger partial charge in [-0.15, -0.1) is 0 Å². The quantitative estimate of drug-likeness (QED) is 0.656. The van der Waals surface area contributed by atoms with Crippen LogP contribution in [0.4, 0.5) is 30.2 Å². The van der Waals surface area contributed by atoms with Gasteiger partial charge in [-0.1, -0.05) is 26.8 Å². The topological polar surface area (TPSA) is 87.3 Å². The number of anilines is 3. The summed E-state index contributed by atoms with van der Waals surface area (Å²) in [4.78, 5) is 35.7. The van der Waals surface area contributed by atoms with Crippen molar-refractivity contribution in [2.75, 3.05) is 16.0 Å². The first-order valence-corrected chi connectivity index (χ1v) is 8.99. The second kappa shape index (κ2) is 8.56. The van der Waals surface area contributed by atoms with Gasteiger partial charge in [-0.25, -0.2) is 0 Å². The van der Waals surface area contributed by atoms with Crippen LogP contribution >= 0.6 is 0 Å². The molecule has 0 spiro atoms. The molecule has 0 radical (unpaired) electrons. The average Bonchev–Trinajstić information content (AvgIpc) is 2.61. The van der Waals surface area contributed by atoms with E-state index in [0.717, 1.165) is 12.1 Å². The smallest absolute Gasteiger partial charge is 0.326 e. The van der Waals surface area contributed by atoms with E-state index < -0.39 is 34.7 Å². The average molecular weight is 421 g/mol. The molecule has 0 aliphatic carbocycles. The molecule has 2 aromatic carbocycles. The van der Waals surface area contributed by atoms with Crippen molar-refractivity contribution in [2.24, 2.45) is 5.41 Å². The zero-order chi connectivity index (χ0) is 22.7. The standard InChI is InChI=1S/C21H22F3N3O3/c1-12(28)25-15-8-9-17(16(11-15)21(22,23)24)27-18(29)13-6-5-7-14(10-13)26-19(30)20(2,3)4/h5-11H,1-4H3,(H,25,28)(H,26,30)(H,27,29). The van der Waals surface area contributed by atoms with Gasteiger partial charge in [0.1, 0.15) is 0 Å². The van der Waals surface area contributed by atoms with E-state index >= 15 is 0 Å². The molecule has 3 N–H and O–H groups in total. The number of carbonyl (C=O) groups is 3. The molecule has 0 saturated carbocycles. The molecule has 9 heteroatoms. The highest BCUT2D eigenvalue weighted by Crippen LogP contribution is 2.37. The summed E-state index contributed by atoms with van der Waals surface area (Å²) < 4.78 is 40.3. The van der Waals surface area contributed by atoms with Crippen molar-refractivity contribution in [2.45, 2.75) is 33.9 Å². The van der Waals surface area contributed by atoms with Crippen LogP contribution in [0.1, 0.15) is 43.6 Å². The molecule has 2 aromatic rings. The van der Waals surface area contributed by atoms with Gasteiger partial charge in [-0.2, -0.15) is 13.2 Å². The van der Waals surface area contributed by atoms with Gasteiger partial charge in [0.05, 0.1) is 11.3 Å². The highest BCUT2D eigenvalue weighted by atomic mass is 19.4. The summed E-state index contributed by atoms with van der Waals surface area (Å²) in [6.45, 7) is 6.35. The predicted octanol–water partition coefficient (Wildman–Crippen LogP) is 4.90. The molecular formula is C21H22F3N3O3. The Morgan fingerprint density at radius 2 is 1.47 bits per heavy atom. The number of nitrogens with one attached hydrogen (secondary N) is 3. The Balaban J connectivity index is 2.28. The normalized spacial score (nSPS) is 11.6. The maximum atomic E-state index is 13.4. The van der Waals surface area contributed by atoms with Gasteiger partial charge >= 0.3 is 6.18 Å². The Hall–Kier alpha value is -3.36. The van der Waals surface area contributed by atoms with E-state index in [-0.39, 0.29) is 17.2 Å². The highest BCUT2D eigenvalue weighted by Gasteiger charge is 2.34. The van der Waals surface area contributed by atoms with Crippen LogP contribution in [0.2, 0.25) is 0 Å². The van der Waals surface area contributed by atoms with Crippen LogP contribution in [0, 0.1) is 5.41 Å². The molecule has 160 valence electrons. The molecule has 3 amide bonds. The van der Waals surface area contributed by atoms with Crippen molar-refractivity contribution in [3.8, 4) is 0 Å². The summed E-state index contributed by atoms with van der Waals surface area (Å²) in [5.41, 5.74) is -1.83. The lowest BCUT2D eigenvalue weighted by atomic mass is 9.95. The minimum atomic E-state index is -4.75. The fourth-order valence-electron chi connectivity index (χ4n) is 2.42. The maximum absolute atomic E-state index is 13.4. The van der Waals surface area contributed by atoms with Gasteiger partial charge in [0.15, 0.2) is 0 Å². The molecule has 0 aliphatic rings. The van der Waals surface area contributed by atoms with Gasteiger partial charge in [-0.05, 0) is 36.4 Å². The van der Waals surface area contributed by atoms with Gasteiger partial charge in [0.2, 0.25) is 11.8 Å². The summed E-state index contributed by atoms with van der Waals surface area (Å²) >= 11 is 0. The molecule has 6 nitrogen and oxygen atoms in total. The lowest BCUT2D eigenvalue weighted by molar-refractivity contribution is -0.137. The fourth-order valence-corrected chi connectivity index (χ4v) is 2.42. The van der Waals surface area contributed by atoms with E-state index in [1.807, 2.05) is 0 Å². The number of carbonyl (C=O) groups excluding carboxylic acids is 3. The van der Waals surface area contributed by atoms with E-state index in [1.165, 1.54) is 31.2 Å². The predicted molar refractivity (Wildman–Crippen MR) is 108 cm³/mol. The number of alkyl halides is 3. The molecule has 0 unspecified atom stereocenters. The van der Waals surface area contributed by atoms with Gasteiger partial charge in [0, 0.05) is 29.3 Å². The number of rotatable bonds is 4. The first kappa shape index (κ1) is 22.9. The number of halogens is 3. The van der Waals surface area contributed by atoms with Crippen LogP contribution in [0.25, 0.3) is 0 Å². The Morgan fingerprint density at radius 1 is 0.833 bits per heavy atom. The van der Waals surface area contributed by atoms with Crippen LogP contribution in [-0.2, 0) is 15.8 Å². The zero-order valence-electron chi connectivity index (χ0n) is 16.9. The number of benzene rings is 2. The molecule has 0 aromatic heterocycles. The second-order valence-corrected chi connectivity index (χ2v) is 7.68.